The molecule has 0 radical (unpaired) electrons. The molecule has 0 saturated carbocycles. The topological polar surface area (TPSA) is 32.8 Å². The van der Waals surface area contributed by atoms with Crippen molar-refractivity contribution < 1.29 is 8.83 Å². The Morgan fingerprint density at radius 1 is 0.439 bits per heavy atom. The molecule has 6 heteroatoms. The van der Waals surface area contributed by atoms with Crippen molar-refractivity contribution in [3.63, 3.8) is 0 Å². The van der Waals surface area contributed by atoms with E-state index in [-0.39, 0.29) is 33.9 Å². The van der Waals surface area contributed by atoms with Crippen LogP contribution in [0.15, 0.2) is 179 Å². The fourth-order valence-electron chi connectivity index (χ4n) is 15.1. The molecule has 2 aliphatic heterocycles. The van der Waals surface area contributed by atoms with Crippen molar-refractivity contribution in [3.8, 4) is 33.4 Å². The van der Waals surface area contributed by atoms with Crippen molar-refractivity contribution in [3.05, 3.63) is 198 Å². The van der Waals surface area contributed by atoms with Gasteiger partial charge in [-0.1, -0.05) is 173 Å². The molecule has 16 rings (SSSR count). The highest BCUT2D eigenvalue weighted by Crippen LogP contribution is 2.58. The molecule has 0 spiro atoms. The number of fused-ring (bicyclic) bond motifs is 15. The first kappa shape index (κ1) is 50.0. The summed E-state index contributed by atoms with van der Waals surface area (Å²) in [5.41, 5.74) is 24.5. The van der Waals surface area contributed by atoms with Gasteiger partial charge >= 0.3 is 6.85 Å². The van der Waals surface area contributed by atoms with Crippen molar-refractivity contribution in [2.45, 2.75) is 129 Å². The van der Waals surface area contributed by atoms with Crippen LogP contribution in [0.5, 0.6) is 0 Å². The van der Waals surface area contributed by atoms with Gasteiger partial charge in [-0.2, -0.15) is 0 Å². The molecule has 0 N–H and O–H groups in total. The number of rotatable bonds is 4. The maximum Gasteiger partial charge on any atom is 0.376 e. The van der Waals surface area contributed by atoms with Gasteiger partial charge in [0.1, 0.15) is 16.8 Å². The summed E-state index contributed by atoms with van der Waals surface area (Å²) < 4.78 is 18.0. The van der Waals surface area contributed by atoms with E-state index in [1.165, 1.54) is 99.8 Å². The maximum atomic E-state index is 7.89. The summed E-state index contributed by atoms with van der Waals surface area (Å²) >= 11 is 1.95. The number of hydrogen-bond acceptors (Lipinski definition) is 5. The number of thiophene rings is 1. The smallest absolute Gasteiger partial charge is 0.376 e. The fourth-order valence-corrected chi connectivity index (χ4v) is 16.2. The second kappa shape index (κ2) is 16.9. The van der Waals surface area contributed by atoms with E-state index in [1.807, 2.05) is 11.3 Å². The van der Waals surface area contributed by atoms with Crippen LogP contribution in [0.2, 0.25) is 0 Å². The molecule has 0 saturated heterocycles. The second-order valence-corrected chi connectivity index (χ2v) is 29.2. The van der Waals surface area contributed by atoms with Crippen molar-refractivity contribution >= 4 is 111 Å². The standard InChI is InChI=1S/C76H69BN2O2S/c1-72(2,3)47-28-31-61(50(36-47)46-22-16-13-17-23-46)78-68-56-40-58-59(75(8,9)34-32-74(58,6)7)41-64(56)81-71(68)77-67-54(38-55-49-24-18-19-25-63(49)80-70(55)69(67)78)51-37-52-53-39-57-60(76(10,11)35-33-73(57,4)5)42-65(53)82-66(52)43-62(51)79(77)48-29-26-45(27-30-48)44-20-14-12-15-21-44/h12-31,36-43H,32-35H2,1-11H3. The van der Waals surface area contributed by atoms with Crippen molar-refractivity contribution in [1.29, 1.82) is 0 Å². The third kappa shape index (κ3) is 7.15. The largest absolute Gasteiger partial charge is 0.466 e. The Morgan fingerprint density at radius 2 is 1.00 bits per heavy atom. The molecule has 3 aromatic heterocycles. The third-order valence-corrected chi connectivity index (χ3v) is 21.2. The van der Waals surface area contributed by atoms with Gasteiger partial charge in [-0.15, -0.1) is 11.3 Å². The van der Waals surface area contributed by atoms with Crippen LogP contribution in [0.4, 0.5) is 28.4 Å². The summed E-state index contributed by atoms with van der Waals surface area (Å²) in [6.45, 7) is 26.1. The highest BCUT2D eigenvalue weighted by atomic mass is 32.1. The second-order valence-electron chi connectivity index (χ2n) is 28.1. The van der Waals surface area contributed by atoms with Crippen LogP contribution < -0.4 is 20.8 Å². The minimum Gasteiger partial charge on any atom is -0.466 e. The Kier molecular flexibility index (Phi) is 10.3. The lowest BCUT2D eigenvalue weighted by atomic mass is 9.45. The normalized spacial score (nSPS) is 17.3. The zero-order valence-electron chi connectivity index (χ0n) is 49.2. The van der Waals surface area contributed by atoms with Crippen LogP contribution in [-0.2, 0) is 27.1 Å². The van der Waals surface area contributed by atoms with Crippen LogP contribution in [0, 0.1) is 0 Å². The number of benzene rings is 9. The van der Waals surface area contributed by atoms with E-state index in [2.05, 4.69) is 256 Å². The van der Waals surface area contributed by atoms with E-state index in [1.54, 1.807) is 0 Å². The first-order chi connectivity index (χ1) is 39.2. The molecule has 404 valence electrons. The SMILES string of the molecule is CC(C)(C)c1ccc(N2c3c(oc4cc5c(cc34)C(C)(C)CCC5(C)C)B3c4c(cc5c(oc6ccccc65)c42)-c2cc4c(cc2N3c2ccc(-c3ccccc3)cc2)sc2cc3c(cc24)C(C)(C)CCC3(C)C)c(-c2ccccc2)c1. The van der Waals surface area contributed by atoms with E-state index in [9.17, 15) is 0 Å². The van der Waals surface area contributed by atoms with Gasteiger partial charge in [-0.05, 0) is 181 Å². The number of para-hydroxylation sites is 1. The summed E-state index contributed by atoms with van der Waals surface area (Å²) in [5.74, 6) is 0. The molecular formula is C76H69BN2O2S. The molecule has 4 aliphatic rings. The Hall–Kier alpha value is -7.80. The van der Waals surface area contributed by atoms with Crippen molar-refractivity contribution in [1.82, 2.24) is 0 Å². The van der Waals surface area contributed by atoms with Crippen molar-refractivity contribution in [2.24, 2.45) is 0 Å². The minimum atomic E-state index is -0.385. The Labute approximate surface area is 486 Å². The molecular weight excluding hydrogens is 1020 g/mol. The van der Waals surface area contributed by atoms with Gasteiger partial charge < -0.3 is 18.5 Å². The third-order valence-electron chi connectivity index (χ3n) is 20.1. The molecule has 0 fully saturated rings. The van der Waals surface area contributed by atoms with Crippen molar-refractivity contribution in [2.75, 3.05) is 9.71 Å². The molecule has 9 aromatic carbocycles. The van der Waals surface area contributed by atoms with Gasteiger partial charge in [-0.3, -0.25) is 0 Å². The van der Waals surface area contributed by atoms with Gasteiger partial charge in [0.25, 0.3) is 0 Å². The summed E-state index contributed by atoms with van der Waals surface area (Å²) in [6, 6.07) is 64.7. The number of furan rings is 2. The predicted octanol–water partition coefficient (Wildman–Crippen LogP) is 20.7. The molecule has 4 nitrogen and oxygen atoms in total. The molecule has 12 aromatic rings. The highest BCUT2D eigenvalue weighted by Gasteiger charge is 2.51. The quantitative estimate of drug-likeness (QED) is 0.164. The fraction of sp³-hybridized carbons (Fsp3) is 0.263. The van der Waals surface area contributed by atoms with Gasteiger partial charge in [0.2, 0.25) is 0 Å². The number of anilines is 5. The lowest BCUT2D eigenvalue weighted by Crippen LogP contribution is -2.61. The Morgan fingerprint density at radius 3 is 1.67 bits per heavy atom. The average Bonchev–Trinajstić information content (AvgIpc) is 1.57. The summed E-state index contributed by atoms with van der Waals surface area (Å²) in [6.07, 6.45) is 4.57. The number of hydrogen-bond donors (Lipinski definition) is 0. The maximum absolute atomic E-state index is 7.89. The molecule has 82 heavy (non-hydrogen) atoms. The van der Waals surface area contributed by atoms with Gasteiger partial charge in [-0.25, -0.2) is 0 Å². The van der Waals surface area contributed by atoms with Crippen LogP contribution in [0.1, 0.15) is 130 Å². The lowest BCUT2D eigenvalue weighted by molar-refractivity contribution is 0.332. The average molecular weight is 1090 g/mol. The molecule has 0 atom stereocenters. The Balaban J connectivity index is 1.08. The molecule has 0 unspecified atom stereocenters. The summed E-state index contributed by atoms with van der Waals surface area (Å²) in [4.78, 5) is 5.23. The van der Waals surface area contributed by atoms with E-state index in [0.29, 0.717) is 0 Å². The summed E-state index contributed by atoms with van der Waals surface area (Å²) in [7, 11) is 0. The monoisotopic (exact) mass is 1080 g/mol. The van der Waals surface area contributed by atoms with Crippen LogP contribution in [-0.4, -0.2) is 6.85 Å². The molecule has 2 aliphatic carbocycles. The Bertz CT molecular complexity index is 4680. The van der Waals surface area contributed by atoms with Crippen LogP contribution in [0.25, 0.3) is 86.5 Å². The lowest BCUT2D eigenvalue weighted by Gasteiger charge is -2.44. The number of nitrogens with zero attached hydrogens (tertiary/aromatic N) is 2. The molecule has 0 bridgehead atoms. The first-order valence-corrected chi connectivity index (χ1v) is 30.7. The van der Waals surface area contributed by atoms with Gasteiger partial charge in [0.05, 0.1) is 17.1 Å². The van der Waals surface area contributed by atoms with Gasteiger partial charge in [0.15, 0.2) is 5.58 Å². The van der Waals surface area contributed by atoms with E-state index < -0.39 is 0 Å². The summed E-state index contributed by atoms with van der Waals surface area (Å²) in [5, 5.41) is 6.00. The molecule has 0 amide bonds. The highest BCUT2D eigenvalue weighted by molar-refractivity contribution is 7.26. The van der Waals surface area contributed by atoms with Crippen LogP contribution >= 0.6 is 11.3 Å². The predicted molar refractivity (Wildman–Crippen MR) is 350 cm³/mol. The zero-order valence-corrected chi connectivity index (χ0v) is 50.0. The molecule has 5 heterocycles. The minimum absolute atomic E-state index is 0.0252. The zero-order chi connectivity index (χ0) is 56.1. The first-order valence-electron chi connectivity index (χ1n) is 29.8. The van der Waals surface area contributed by atoms with E-state index in [0.717, 1.165) is 79.7 Å². The van der Waals surface area contributed by atoms with E-state index >= 15 is 0 Å². The van der Waals surface area contributed by atoms with E-state index in [4.69, 9.17) is 8.83 Å². The van der Waals surface area contributed by atoms with Crippen LogP contribution in [0.3, 0.4) is 0 Å². The van der Waals surface area contributed by atoms with Gasteiger partial charge in [0, 0.05) is 58.8 Å².